The summed E-state index contributed by atoms with van der Waals surface area (Å²) in [5, 5.41) is 17.7. The molecule has 3 rings (SSSR count). The number of aryl methyl sites for hydroxylation is 1. The van der Waals surface area contributed by atoms with Crippen molar-refractivity contribution in [1.29, 1.82) is 0 Å². The number of rotatable bonds is 5. The van der Waals surface area contributed by atoms with Crippen molar-refractivity contribution in [3.63, 3.8) is 0 Å². The van der Waals surface area contributed by atoms with Crippen LogP contribution in [0.1, 0.15) is 49.8 Å². The van der Waals surface area contributed by atoms with Crippen molar-refractivity contribution >= 4 is 5.91 Å². The minimum absolute atomic E-state index is 0.101. The van der Waals surface area contributed by atoms with Gasteiger partial charge in [-0.15, -0.1) is 0 Å². The lowest BCUT2D eigenvalue weighted by molar-refractivity contribution is 0.0941. The van der Waals surface area contributed by atoms with Crippen LogP contribution in [0.2, 0.25) is 0 Å². The Kier molecular flexibility index (Phi) is 4.39. The van der Waals surface area contributed by atoms with Gasteiger partial charge in [0.1, 0.15) is 5.69 Å². The first kappa shape index (κ1) is 16.9. The van der Waals surface area contributed by atoms with E-state index in [2.05, 4.69) is 30.8 Å². The number of nitrogens with one attached hydrogen (secondary N) is 2. The molecule has 25 heavy (non-hydrogen) atoms. The Morgan fingerprint density at radius 1 is 1.40 bits per heavy atom. The second-order valence-corrected chi connectivity index (χ2v) is 6.70. The van der Waals surface area contributed by atoms with Gasteiger partial charge in [-0.2, -0.15) is 15.2 Å². The molecule has 0 spiro atoms. The van der Waals surface area contributed by atoms with Crippen LogP contribution in [0.4, 0.5) is 0 Å². The average Bonchev–Trinajstić information content (AvgIpc) is 3.30. The van der Waals surface area contributed by atoms with Crippen LogP contribution in [0.5, 0.6) is 0 Å². The quantitative estimate of drug-likeness (QED) is 0.731. The highest BCUT2D eigenvalue weighted by molar-refractivity contribution is 5.92. The van der Waals surface area contributed by atoms with E-state index in [1.54, 1.807) is 16.9 Å². The molecule has 2 N–H and O–H groups in total. The number of hydrogen-bond acceptors (Lipinski definition) is 6. The summed E-state index contributed by atoms with van der Waals surface area (Å²) in [7, 11) is 0. The third-order valence-electron chi connectivity index (χ3n) is 3.70. The Balaban J connectivity index is 1.62. The van der Waals surface area contributed by atoms with Crippen molar-refractivity contribution in [3.8, 4) is 11.4 Å². The molecule has 0 aliphatic heterocycles. The predicted octanol–water partition coefficient (Wildman–Crippen LogP) is 1.90. The minimum Gasteiger partial charge on any atom is -0.342 e. The van der Waals surface area contributed by atoms with Crippen LogP contribution >= 0.6 is 0 Å². The number of nitrogens with zero attached hydrogens (tertiary/aromatic N) is 5. The van der Waals surface area contributed by atoms with E-state index >= 15 is 0 Å². The zero-order valence-corrected chi connectivity index (χ0v) is 14.7. The van der Waals surface area contributed by atoms with Crippen molar-refractivity contribution < 1.29 is 9.32 Å². The molecule has 1 amide bonds. The van der Waals surface area contributed by atoms with Crippen molar-refractivity contribution in [2.45, 2.75) is 46.2 Å². The molecule has 0 aliphatic carbocycles. The molecule has 0 bridgehead atoms. The van der Waals surface area contributed by atoms with Gasteiger partial charge in [0.25, 0.3) is 5.91 Å². The molecule has 132 valence electrons. The molecule has 0 saturated carbocycles. The van der Waals surface area contributed by atoms with Gasteiger partial charge in [0.05, 0.1) is 18.3 Å². The Hall–Kier alpha value is -2.97. The molecule has 0 aliphatic rings. The van der Waals surface area contributed by atoms with Gasteiger partial charge in [0.15, 0.2) is 0 Å². The van der Waals surface area contributed by atoms with Crippen LogP contribution in [0.25, 0.3) is 11.4 Å². The lowest BCUT2D eigenvalue weighted by Gasteiger charge is -2.14. The Morgan fingerprint density at radius 2 is 2.20 bits per heavy atom. The number of aromatic amines is 1. The third-order valence-corrected chi connectivity index (χ3v) is 3.70. The number of H-pyrrole nitrogens is 1. The molecule has 0 saturated heterocycles. The smallest absolute Gasteiger partial charge is 0.272 e. The lowest BCUT2D eigenvalue weighted by atomic mass is 9.92. The molecule has 9 heteroatoms. The first-order valence-corrected chi connectivity index (χ1v) is 8.06. The van der Waals surface area contributed by atoms with Gasteiger partial charge in [0, 0.05) is 23.9 Å². The molecule has 0 radical (unpaired) electrons. The van der Waals surface area contributed by atoms with Crippen LogP contribution in [0.3, 0.4) is 0 Å². The van der Waals surface area contributed by atoms with E-state index in [1.807, 2.05) is 33.9 Å². The molecule has 3 aromatic rings. The molecule has 3 aromatic heterocycles. The fourth-order valence-electron chi connectivity index (χ4n) is 2.16. The van der Waals surface area contributed by atoms with Gasteiger partial charge in [-0.1, -0.05) is 25.9 Å². The van der Waals surface area contributed by atoms with E-state index in [-0.39, 0.29) is 17.9 Å². The fraction of sp³-hybridized carbons (Fsp3) is 0.438. The van der Waals surface area contributed by atoms with Gasteiger partial charge in [-0.05, 0) is 13.0 Å². The number of carbonyl (C=O) groups excluding carboxylic acids is 1. The monoisotopic (exact) mass is 343 g/mol. The number of aromatic nitrogens is 6. The fourth-order valence-corrected chi connectivity index (χ4v) is 2.16. The first-order chi connectivity index (χ1) is 11.9. The van der Waals surface area contributed by atoms with Crippen molar-refractivity contribution in [3.05, 3.63) is 35.7 Å². The number of hydrogen-bond donors (Lipinski definition) is 2. The Bertz CT molecular complexity index is 869. The van der Waals surface area contributed by atoms with Gasteiger partial charge in [-0.3, -0.25) is 14.6 Å². The van der Waals surface area contributed by atoms with Crippen molar-refractivity contribution in [1.82, 2.24) is 35.4 Å². The largest absolute Gasteiger partial charge is 0.342 e. The highest BCUT2D eigenvalue weighted by Gasteiger charge is 2.19. The molecule has 0 atom stereocenters. The van der Waals surface area contributed by atoms with Gasteiger partial charge < -0.3 is 9.84 Å². The highest BCUT2D eigenvalue weighted by atomic mass is 16.5. The van der Waals surface area contributed by atoms with E-state index in [4.69, 9.17) is 4.52 Å². The average molecular weight is 343 g/mol. The van der Waals surface area contributed by atoms with E-state index in [1.165, 1.54) is 0 Å². The van der Waals surface area contributed by atoms with E-state index < -0.39 is 0 Å². The van der Waals surface area contributed by atoms with Gasteiger partial charge in [-0.25, -0.2) is 0 Å². The maximum atomic E-state index is 12.2. The van der Waals surface area contributed by atoms with Crippen LogP contribution in [-0.2, 0) is 18.5 Å². The maximum absolute atomic E-state index is 12.2. The van der Waals surface area contributed by atoms with Crippen LogP contribution in [0.15, 0.2) is 23.0 Å². The van der Waals surface area contributed by atoms with Crippen molar-refractivity contribution in [2.24, 2.45) is 0 Å². The second kappa shape index (κ2) is 6.50. The molecule has 9 nitrogen and oxygen atoms in total. The summed E-state index contributed by atoms with van der Waals surface area (Å²) >= 11 is 0. The zero-order chi connectivity index (χ0) is 18.0. The molecule has 0 fully saturated rings. The second-order valence-electron chi connectivity index (χ2n) is 6.70. The van der Waals surface area contributed by atoms with Crippen LogP contribution in [-0.4, -0.2) is 36.0 Å². The summed E-state index contributed by atoms with van der Waals surface area (Å²) < 4.78 is 6.94. The van der Waals surface area contributed by atoms with E-state index in [0.717, 1.165) is 17.8 Å². The van der Waals surface area contributed by atoms with Crippen molar-refractivity contribution in [2.75, 3.05) is 0 Å². The third kappa shape index (κ3) is 3.76. The first-order valence-electron chi connectivity index (χ1n) is 8.06. The van der Waals surface area contributed by atoms with Gasteiger partial charge in [0.2, 0.25) is 11.7 Å². The highest BCUT2D eigenvalue weighted by Crippen LogP contribution is 2.20. The lowest BCUT2D eigenvalue weighted by Crippen LogP contribution is -2.23. The summed E-state index contributed by atoms with van der Waals surface area (Å²) in [6.45, 7) is 9.02. The standard InChI is InChI=1S/C16H21N7O2/c1-5-23-9-10(7-18-23)14-19-13(25-22-14)8-17-15(24)11-6-12(21-20-11)16(2,3)4/h6-7,9H,5,8H2,1-4H3,(H,17,24)(H,20,21). The number of amides is 1. The summed E-state index contributed by atoms with van der Waals surface area (Å²) in [6.07, 6.45) is 3.51. The molecular weight excluding hydrogens is 322 g/mol. The van der Waals surface area contributed by atoms with E-state index in [0.29, 0.717) is 17.4 Å². The summed E-state index contributed by atoms with van der Waals surface area (Å²) in [6, 6.07) is 1.74. The molecular formula is C16H21N7O2. The van der Waals surface area contributed by atoms with Crippen LogP contribution in [0, 0.1) is 0 Å². The predicted molar refractivity (Wildman–Crippen MR) is 89.7 cm³/mol. The maximum Gasteiger partial charge on any atom is 0.272 e. The Morgan fingerprint density at radius 3 is 2.84 bits per heavy atom. The Labute approximate surface area is 144 Å². The molecule has 0 aromatic carbocycles. The summed E-state index contributed by atoms with van der Waals surface area (Å²) in [5.41, 5.74) is 1.89. The van der Waals surface area contributed by atoms with Crippen LogP contribution < -0.4 is 5.32 Å². The van der Waals surface area contributed by atoms with Gasteiger partial charge >= 0.3 is 0 Å². The summed E-state index contributed by atoms with van der Waals surface area (Å²) in [4.78, 5) is 16.4. The summed E-state index contributed by atoms with van der Waals surface area (Å²) in [5.74, 6) is 0.461. The minimum atomic E-state index is -0.301. The molecule has 0 unspecified atom stereocenters. The SMILES string of the molecule is CCn1cc(-c2noc(CNC(=O)c3cc(C(C)(C)C)[nH]n3)n2)cn1. The zero-order valence-electron chi connectivity index (χ0n) is 14.7. The number of carbonyl (C=O) groups is 1. The molecule has 3 heterocycles. The topological polar surface area (TPSA) is 115 Å². The normalized spacial score (nSPS) is 11.7. The van der Waals surface area contributed by atoms with E-state index in [9.17, 15) is 4.79 Å².